The number of benzene rings is 1. The first-order valence-corrected chi connectivity index (χ1v) is 8.99. The van der Waals surface area contributed by atoms with Crippen molar-refractivity contribution in [1.82, 2.24) is 14.9 Å². The van der Waals surface area contributed by atoms with Crippen LogP contribution in [0.4, 0.5) is 5.82 Å². The van der Waals surface area contributed by atoms with Crippen molar-refractivity contribution in [3.8, 4) is 0 Å². The molecule has 0 saturated carbocycles. The normalized spacial score (nSPS) is 18.2. The first-order valence-electron chi connectivity index (χ1n) is 8.99. The Kier molecular flexibility index (Phi) is 5.46. The molecule has 0 N–H and O–H groups in total. The van der Waals surface area contributed by atoms with E-state index in [1.807, 2.05) is 13.1 Å². The molecule has 1 aliphatic heterocycles. The van der Waals surface area contributed by atoms with Crippen LogP contribution in [0.1, 0.15) is 36.7 Å². The van der Waals surface area contributed by atoms with Gasteiger partial charge in [-0.15, -0.1) is 0 Å². The molecule has 2 heterocycles. The van der Waals surface area contributed by atoms with Crippen molar-refractivity contribution in [3.63, 3.8) is 0 Å². The summed E-state index contributed by atoms with van der Waals surface area (Å²) in [5, 5.41) is 0. The third kappa shape index (κ3) is 3.93. The molecule has 1 atom stereocenters. The maximum absolute atomic E-state index is 4.74. The average molecular weight is 324 g/mol. The van der Waals surface area contributed by atoms with Gasteiger partial charge in [0.25, 0.3) is 0 Å². The monoisotopic (exact) mass is 324 g/mol. The minimum Gasteiger partial charge on any atom is -0.355 e. The average Bonchev–Trinajstić information content (AvgIpc) is 2.62. The minimum atomic E-state index is 0.568. The van der Waals surface area contributed by atoms with Crippen molar-refractivity contribution in [3.05, 3.63) is 53.5 Å². The molecule has 1 aliphatic rings. The van der Waals surface area contributed by atoms with Crippen molar-refractivity contribution in [1.29, 1.82) is 0 Å². The van der Waals surface area contributed by atoms with Gasteiger partial charge in [0.15, 0.2) is 0 Å². The zero-order valence-electron chi connectivity index (χ0n) is 15.1. The summed E-state index contributed by atoms with van der Waals surface area (Å²) in [6.45, 7) is 7.31. The van der Waals surface area contributed by atoms with Gasteiger partial charge in [-0.3, -0.25) is 4.90 Å². The smallest absolute Gasteiger partial charge is 0.135 e. The van der Waals surface area contributed by atoms with Crippen LogP contribution in [0.3, 0.4) is 0 Å². The third-order valence-corrected chi connectivity index (χ3v) is 4.94. The second-order valence-corrected chi connectivity index (χ2v) is 6.76. The van der Waals surface area contributed by atoms with E-state index in [1.165, 1.54) is 24.0 Å². The molecule has 0 bridgehead atoms. The first kappa shape index (κ1) is 16.9. The zero-order chi connectivity index (χ0) is 16.9. The number of piperidine rings is 1. The predicted molar refractivity (Wildman–Crippen MR) is 99.3 cm³/mol. The highest BCUT2D eigenvalue weighted by molar-refractivity contribution is 5.46. The number of likely N-dealkylation sites (N-methyl/N-ethyl adjacent to an activating group) is 1. The van der Waals surface area contributed by atoms with Crippen LogP contribution in [-0.2, 0) is 13.0 Å². The second-order valence-electron chi connectivity index (χ2n) is 6.76. The maximum atomic E-state index is 4.74. The highest BCUT2D eigenvalue weighted by Gasteiger charge is 2.25. The summed E-state index contributed by atoms with van der Waals surface area (Å²) in [4.78, 5) is 14.1. The summed E-state index contributed by atoms with van der Waals surface area (Å²) in [5.41, 5.74) is 2.64. The molecule has 0 radical (unpaired) electrons. The van der Waals surface area contributed by atoms with Crippen molar-refractivity contribution < 1.29 is 0 Å². The number of hydrogen-bond acceptors (Lipinski definition) is 4. The fraction of sp³-hybridized carbons (Fsp3) is 0.500. The third-order valence-electron chi connectivity index (χ3n) is 4.94. The topological polar surface area (TPSA) is 32.3 Å². The number of aryl methyl sites for hydroxylation is 2. The molecule has 0 spiro atoms. The first-order chi connectivity index (χ1) is 11.7. The van der Waals surface area contributed by atoms with E-state index < -0.39 is 0 Å². The molecule has 1 unspecified atom stereocenters. The highest BCUT2D eigenvalue weighted by atomic mass is 15.3. The molecule has 1 aromatic carbocycles. The van der Waals surface area contributed by atoms with Gasteiger partial charge < -0.3 is 4.90 Å². The van der Waals surface area contributed by atoms with Crippen molar-refractivity contribution in [2.45, 2.75) is 45.7 Å². The van der Waals surface area contributed by atoms with Gasteiger partial charge in [-0.1, -0.05) is 37.3 Å². The summed E-state index contributed by atoms with van der Waals surface area (Å²) in [6.07, 6.45) is 5.45. The quantitative estimate of drug-likeness (QED) is 0.843. The Labute approximate surface area is 145 Å². The molecule has 3 rings (SSSR count). The van der Waals surface area contributed by atoms with Crippen LogP contribution in [-0.4, -0.2) is 41.0 Å². The standard InChI is InChI=1S/C20H28N4/c1-4-18-13-21-16(2)22-20(18)24-12-8-11-19(15-24)23(3)14-17-9-6-5-7-10-17/h5-7,9-10,13,19H,4,8,11-12,14-15H2,1-3H3. The van der Waals surface area contributed by atoms with Crippen LogP contribution in [0, 0.1) is 6.92 Å². The van der Waals surface area contributed by atoms with Gasteiger partial charge in [-0.2, -0.15) is 0 Å². The molecule has 1 saturated heterocycles. The number of hydrogen-bond donors (Lipinski definition) is 0. The highest BCUT2D eigenvalue weighted by Crippen LogP contribution is 2.24. The lowest BCUT2D eigenvalue weighted by molar-refractivity contribution is 0.207. The van der Waals surface area contributed by atoms with Crippen LogP contribution >= 0.6 is 0 Å². The van der Waals surface area contributed by atoms with Crippen LogP contribution in [0.25, 0.3) is 0 Å². The maximum Gasteiger partial charge on any atom is 0.135 e. The predicted octanol–water partition coefficient (Wildman–Crippen LogP) is 3.45. The molecule has 1 aromatic heterocycles. The Morgan fingerprint density at radius 2 is 2.04 bits per heavy atom. The van der Waals surface area contributed by atoms with E-state index in [1.54, 1.807) is 0 Å². The van der Waals surface area contributed by atoms with Gasteiger partial charge in [-0.25, -0.2) is 9.97 Å². The van der Waals surface area contributed by atoms with Crippen LogP contribution < -0.4 is 4.90 Å². The molecule has 1 fully saturated rings. The van der Waals surface area contributed by atoms with Gasteiger partial charge >= 0.3 is 0 Å². The van der Waals surface area contributed by atoms with Crippen LogP contribution in [0.5, 0.6) is 0 Å². The van der Waals surface area contributed by atoms with Crippen LogP contribution in [0.15, 0.2) is 36.5 Å². The van der Waals surface area contributed by atoms with E-state index >= 15 is 0 Å². The number of aromatic nitrogens is 2. The summed E-state index contributed by atoms with van der Waals surface area (Å²) in [7, 11) is 2.24. The van der Waals surface area contributed by atoms with Crippen molar-refractivity contribution in [2.24, 2.45) is 0 Å². The molecular formula is C20H28N4. The molecule has 0 amide bonds. The number of anilines is 1. The lowest BCUT2D eigenvalue weighted by Gasteiger charge is -2.39. The Hall–Kier alpha value is -1.94. The zero-order valence-corrected chi connectivity index (χ0v) is 15.1. The summed E-state index contributed by atoms with van der Waals surface area (Å²) >= 11 is 0. The van der Waals surface area contributed by atoms with E-state index in [0.29, 0.717) is 6.04 Å². The molecule has 128 valence electrons. The molecule has 4 heteroatoms. The van der Waals surface area contributed by atoms with Crippen molar-refractivity contribution >= 4 is 5.82 Å². The Bertz CT molecular complexity index is 656. The lowest BCUT2D eigenvalue weighted by atomic mass is 10.0. The summed E-state index contributed by atoms with van der Waals surface area (Å²) < 4.78 is 0. The Balaban J connectivity index is 1.71. The van der Waals surface area contributed by atoms with E-state index in [0.717, 1.165) is 37.7 Å². The minimum absolute atomic E-state index is 0.568. The van der Waals surface area contributed by atoms with E-state index in [2.05, 4.69) is 59.1 Å². The number of rotatable bonds is 5. The van der Waals surface area contributed by atoms with E-state index in [4.69, 9.17) is 4.98 Å². The van der Waals surface area contributed by atoms with E-state index in [-0.39, 0.29) is 0 Å². The fourth-order valence-electron chi connectivity index (χ4n) is 3.51. The fourth-order valence-corrected chi connectivity index (χ4v) is 3.51. The molecule has 24 heavy (non-hydrogen) atoms. The Morgan fingerprint density at radius 3 is 2.79 bits per heavy atom. The largest absolute Gasteiger partial charge is 0.355 e. The SMILES string of the molecule is CCc1cnc(C)nc1N1CCCC(N(C)Cc2ccccc2)C1. The molecule has 0 aliphatic carbocycles. The number of nitrogens with zero attached hydrogens (tertiary/aromatic N) is 4. The van der Waals surface area contributed by atoms with Gasteiger partial charge in [0.05, 0.1) is 0 Å². The van der Waals surface area contributed by atoms with Gasteiger partial charge in [0, 0.05) is 37.4 Å². The molecule has 2 aromatic rings. The van der Waals surface area contributed by atoms with Crippen LogP contribution in [0.2, 0.25) is 0 Å². The van der Waals surface area contributed by atoms with Gasteiger partial charge in [-0.05, 0) is 38.8 Å². The summed E-state index contributed by atoms with van der Waals surface area (Å²) in [6, 6.07) is 11.3. The molecular weight excluding hydrogens is 296 g/mol. The van der Waals surface area contributed by atoms with E-state index in [9.17, 15) is 0 Å². The Morgan fingerprint density at radius 1 is 1.25 bits per heavy atom. The molecule has 4 nitrogen and oxygen atoms in total. The lowest BCUT2D eigenvalue weighted by Crippen LogP contribution is -2.46. The van der Waals surface area contributed by atoms with Gasteiger partial charge in [0.2, 0.25) is 0 Å². The van der Waals surface area contributed by atoms with Gasteiger partial charge in [0.1, 0.15) is 11.6 Å². The summed E-state index contributed by atoms with van der Waals surface area (Å²) in [5.74, 6) is 2.00. The van der Waals surface area contributed by atoms with Crippen molar-refractivity contribution in [2.75, 3.05) is 25.0 Å². The second kappa shape index (κ2) is 7.75.